The zero-order chi connectivity index (χ0) is 25.2. The van der Waals surface area contributed by atoms with Crippen molar-refractivity contribution in [1.82, 2.24) is 20.1 Å². The van der Waals surface area contributed by atoms with Crippen LogP contribution in [0.2, 0.25) is 0 Å². The van der Waals surface area contributed by atoms with E-state index < -0.39 is 0 Å². The number of rotatable bonds is 12. The summed E-state index contributed by atoms with van der Waals surface area (Å²) in [6, 6.07) is 14.4. The van der Waals surface area contributed by atoms with Gasteiger partial charge in [-0.3, -0.25) is 9.59 Å². The molecule has 2 N–H and O–H groups in total. The van der Waals surface area contributed by atoms with Crippen LogP contribution in [0.15, 0.2) is 53.7 Å². The lowest BCUT2D eigenvalue weighted by molar-refractivity contribution is -0.121. The average Bonchev–Trinajstić information content (AvgIpc) is 3.27. The molecule has 10 heteroatoms. The molecule has 0 fully saturated rings. The van der Waals surface area contributed by atoms with Crippen molar-refractivity contribution < 1.29 is 19.1 Å². The smallest absolute Gasteiger partial charge is 0.234 e. The second-order valence-electron chi connectivity index (χ2n) is 7.67. The Morgan fingerprint density at radius 3 is 2.49 bits per heavy atom. The van der Waals surface area contributed by atoms with E-state index in [1.165, 1.54) is 11.8 Å². The molecule has 3 rings (SSSR count). The molecule has 186 valence electrons. The second-order valence-corrected chi connectivity index (χ2v) is 8.61. The van der Waals surface area contributed by atoms with Crippen LogP contribution in [0, 0.1) is 0 Å². The van der Waals surface area contributed by atoms with Gasteiger partial charge in [-0.1, -0.05) is 36.0 Å². The molecule has 9 nitrogen and oxygen atoms in total. The molecule has 1 aromatic heterocycles. The van der Waals surface area contributed by atoms with Crippen LogP contribution in [-0.2, 0) is 22.6 Å². The monoisotopic (exact) mass is 497 g/mol. The van der Waals surface area contributed by atoms with Gasteiger partial charge in [-0.2, -0.15) is 0 Å². The molecule has 0 aliphatic heterocycles. The van der Waals surface area contributed by atoms with E-state index in [0.717, 1.165) is 11.3 Å². The number of carbonyl (C=O) groups is 2. The highest BCUT2D eigenvalue weighted by atomic mass is 32.2. The minimum Gasteiger partial charge on any atom is -0.497 e. The number of carbonyl (C=O) groups excluding carboxylic acids is 2. The number of amides is 2. The van der Waals surface area contributed by atoms with E-state index in [9.17, 15) is 9.59 Å². The number of ether oxygens (including phenoxy) is 2. The van der Waals surface area contributed by atoms with E-state index in [-0.39, 0.29) is 30.0 Å². The van der Waals surface area contributed by atoms with Crippen molar-refractivity contribution >= 4 is 29.3 Å². The van der Waals surface area contributed by atoms with Crippen LogP contribution in [0.4, 0.5) is 5.69 Å². The Morgan fingerprint density at radius 1 is 1.06 bits per heavy atom. The molecule has 0 radical (unpaired) electrons. The number of hydrogen-bond donors (Lipinski definition) is 2. The highest BCUT2D eigenvalue weighted by Crippen LogP contribution is 2.25. The molecule has 2 aromatic carbocycles. The Balaban J connectivity index is 1.57. The largest absolute Gasteiger partial charge is 0.497 e. The topological polar surface area (TPSA) is 107 Å². The molecule has 0 saturated heterocycles. The van der Waals surface area contributed by atoms with Gasteiger partial charge in [-0.15, -0.1) is 10.2 Å². The van der Waals surface area contributed by atoms with Gasteiger partial charge in [-0.25, -0.2) is 0 Å². The molecular formula is C25H31N5O4S. The number of hydrogen-bond acceptors (Lipinski definition) is 7. The minimum atomic E-state index is -0.338. The van der Waals surface area contributed by atoms with Gasteiger partial charge in [-0.05, 0) is 50.6 Å². The first-order valence-electron chi connectivity index (χ1n) is 11.4. The highest BCUT2D eigenvalue weighted by molar-refractivity contribution is 7.99. The normalized spacial score (nSPS) is 11.5. The van der Waals surface area contributed by atoms with Crippen molar-refractivity contribution in [3.8, 4) is 11.5 Å². The van der Waals surface area contributed by atoms with E-state index in [1.807, 2.05) is 67.8 Å². The van der Waals surface area contributed by atoms with E-state index >= 15 is 0 Å². The quantitative estimate of drug-likeness (QED) is 0.366. The summed E-state index contributed by atoms with van der Waals surface area (Å²) in [4.78, 5) is 25.1. The van der Waals surface area contributed by atoms with E-state index in [4.69, 9.17) is 9.47 Å². The molecule has 0 unspecified atom stereocenters. The summed E-state index contributed by atoms with van der Waals surface area (Å²) in [5, 5.41) is 15.0. The third-order valence-corrected chi connectivity index (χ3v) is 6.11. The van der Waals surface area contributed by atoms with Crippen LogP contribution in [0.1, 0.15) is 38.2 Å². The van der Waals surface area contributed by atoms with Crippen LogP contribution in [0.3, 0.4) is 0 Å². The third-order valence-electron chi connectivity index (χ3n) is 5.14. The van der Waals surface area contributed by atoms with Gasteiger partial charge in [0.05, 0.1) is 37.6 Å². The van der Waals surface area contributed by atoms with E-state index in [0.29, 0.717) is 35.6 Å². The number of nitrogens with zero attached hydrogens (tertiary/aromatic N) is 3. The molecule has 0 saturated carbocycles. The Bertz CT molecular complexity index is 1130. The fourth-order valence-corrected chi connectivity index (χ4v) is 4.29. The van der Waals surface area contributed by atoms with Crippen molar-refractivity contribution in [2.75, 3.05) is 24.8 Å². The first-order chi connectivity index (χ1) is 16.9. The van der Waals surface area contributed by atoms with Crippen LogP contribution in [0.5, 0.6) is 11.5 Å². The zero-order valence-corrected chi connectivity index (χ0v) is 21.2. The minimum absolute atomic E-state index is 0.116. The number of anilines is 1. The zero-order valence-electron chi connectivity index (χ0n) is 20.4. The first-order valence-corrected chi connectivity index (χ1v) is 12.4. The molecule has 0 aliphatic carbocycles. The maximum atomic E-state index is 12.6. The summed E-state index contributed by atoms with van der Waals surface area (Å²) in [7, 11) is 1.60. The van der Waals surface area contributed by atoms with Crippen molar-refractivity contribution in [2.45, 2.75) is 44.9 Å². The Labute approximate surface area is 209 Å². The van der Waals surface area contributed by atoms with Crippen LogP contribution >= 0.6 is 11.8 Å². The molecule has 2 amide bonds. The van der Waals surface area contributed by atoms with Crippen molar-refractivity contribution in [2.24, 2.45) is 0 Å². The van der Waals surface area contributed by atoms with Gasteiger partial charge in [0.1, 0.15) is 11.5 Å². The van der Waals surface area contributed by atoms with Gasteiger partial charge >= 0.3 is 0 Å². The lowest BCUT2D eigenvalue weighted by Gasteiger charge is -2.15. The van der Waals surface area contributed by atoms with Crippen molar-refractivity contribution in [1.29, 1.82) is 0 Å². The summed E-state index contributed by atoms with van der Waals surface area (Å²) < 4.78 is 12.6. The predicted molar refractivity (Wildman–Crippen MR) is 136 cm³/mol. The molecule has 35 heavy (non-hydrogen) atoms. The van der Waals surface area contributed by atoms with Gasteiger partial charge in [0, 0.05) is 6.54 Å². The summed E-state index contributed by atoms with van der Waals surface area (Å²) >= 11 is 1.29. The van der Waals surface area contributed by atoms with Crippen LogP contribution in [-0.4, -0.2) is 46.0 Å². The van der Waals surface area contributed by atoms with E-state index in [2.05, 4.69) is 20.8 Å². The van der Waals surface area contributed by atoms with Gasteiger partial charge in [0.15, 0.2) is 11.0 Å². The Morgan fingerprint density at radius 2 is 1.80 bits per heavy atom. The van der Waals surface area contributed by atoms with Gasteiger partial charge < -0.3 is 24.7 Å². The standard InChI is InChI=1S/C25H31N5O4S/c1-5-30-24(17(3)26-22(31)15-18-11-13-19(33-4)14-12-18)28-29-25(30)35-16-23(32)27-20-9-7-8-10-21(20)34-6-2/h7-14,17H,5-6,15-16H2,1-4H3,(H,26,31)(H,27,32)/t17-/m1/s1. The van der Waals surface area contributed by atoms with Crippen LogP contribution in [0.25, 0.3) is 0 Å². The lowest BCUT2D eigenvalue weighted by Crippen LogP contribution is -2.30. The lowest BCUT2D eigenvalue weighted by atomic mass is 10.1. The molecule has 0 aliphatic rings. The summed E-state index contributed by atoms with van der Waals surface area (Å²) in [6.45, 7) is 6.86. The van der Waals surface area contributed by atoms with Gasteiger partial charge in [0.25, 0.3) is 0 Å². The third kappa shape index (κ3) is 7.22. The number of para-hydroxylation sites is 2. The number of benzene rings is 2. The average molecular weight is 498 g/mol. The molecule has 0 bridgehead atoms. The molecule has 3 aromatic rings. The molecule has 1 heterocycles. The fraction of sp³-hybridized carbons (Fsp3) is 0.360. The second kappa shape index (κ2) is 12.8. The molecule has 1 atom stereocenters. The number of methoxy groups -OCH3 is 1. The molecule has 0 spiro atoms. The van der Waals surface area contributed by atoms with Gasteiger partial charge in [0.2, 0.25) is 11.8 Å². The maximum Gasteiger partial charge on any atom is 0.234 e. The Hall–Kier alpha value is -3.53. The van der Waals surface area contributed by atoms with Crippen molar-refractivity contribution in [3.05, 3.63) is 59.9 Å². The SMILES string of the molecule is CCOc1ccccc1NC(=O)CSc1nnc([C@@H](C)NC(=O)Cc2ccc(OC)cc2)n1CC. The first kappa shape index (κ1) is 26.1. The molecular weight excluding hydrogens is 466 g/mol. The summed E-state index contributed by atoms with van der Waals surface area (Å²) in [5.74, 6) is 1.89. The number of nitrogens with one attached hydrogen (secondary N) is 2. The number of aromatic nitrogens is 3. The highest BCUT2D eigenvalue weighted by Gasteiger charge is 2.20. The van der Waals surface area contributed by atoms with E-state index in [1.54, 1.807) is 13.2 Å². The summed E-state index contributed by atoms with van der Waals surface area (Å²) in [6.07, 6.45) is 0.250. The predicted octanol–water partition coefficient (Wildman–Crippen LogP) is 3.86. The van der Waals surface area contributed by atoms with Crippen molar-refractivity contribution in [3.63, 3.8) is 0 Å². The number of thioether (sulfide) groups is 1. The summed E-state index contributed by atoms with van der Waals surface area (Å²) in [5.41, 5.74) is 1.52. The fourth-order valence-electron chi connectivity index (χ4n) is 3.48. The Kier molecular flexibility index (Phi) is 9.54. The van der Waals surface area contributed by atoms with Crippen LogP contribution < -0.4 is 20.1 Å². The maximum absolute atomic E-state index is 12.6.